The Morgan fingerprint density at radius 2 is 2.04 bits per heavy atom. The third-order valence-corrected chi connectivity index (χ3v) is 4.84. The summed E-state index contributed by atoms with van der Waals surface area (Å²) in [5.74, 6) is 0.501. The molecule has 0 saturated carbocycles. The second kappa shape index (κ2) is 9.50. The van der Waals surface area contributed by atoms with Gasteiger partial charge in [0.1, 0.15) is 17.4 Å². The normalized spacial score (nSPS) is 16.5. The van der Waals surface area contributed by atoms with Crippen molar-refractivity contribution in [3.8, 4) is 0 Å². The van der Waals surface area contributed by atoms with Crippen molar-refractivity contribution in [2.45, 2.75) is 25.3 Å². The van der Waals surface area contributed by atoms with E-state index in [1.807, 2.05) is 12.1 Å². The highest BCUT2D eigenvalue weighted by Gasteiger charge is 2.25. The molecule has 146 valence electrons. The van der Waals surface area contributed by atoms with E-state index in [0.29, 0.717) is 31.0 Å². The number of benzene rings is 1. The number of halogens is 2. The summed E-state index contributed by atoms with van der Waals surface area (Å²) < 4.78 is 32.3. The molecule has 1 fully saturated rings. The van der Waals surface area contributed by atoms with Gasteiger partial charge in [0, 0.05) is 26.2 Å². The Bertz CT molecular complexity index is 742. The Morgan fingerprint density at radius 1 is 1.22 bits per heavy atom. The minimum Gasteiger partial charge on any atom is -0.468 e. The Labute approximate surface area is 158 Å². The van der Waals surface area contributed by atoms with E-state index < -0.39 is 11.6 Å². The van der Waals surface area contributed by atoms with Crippen molar-refractivity contribution < 1.29 is 13.2 Å². The molecule has 1 saturated heterocycles. The van der Waals surface area contributed by atoms with Gasteiger partial charge in [0.05, 0.1) is 12.3 Å². The molecule has 7 heteroatoms. The lowest BCUT2D eigenvalue weighted by Crippen LogP contribution is -2.43. The first-order valence-corrected chi connectivity index (χ1v) is 9.33. The van der Waals surface area contributed by atoms with Crippen molar-refractivity contribution in [3.05, 3.63) is 59.6 Å². The van der Waals surface area contributed by atoms with Gasteiger partial charge in [-0.15, -0.1) is 0 Å². The average Bonchev–Trinajstić information content (AvgIpc) is 3.36. The Morgan fingerprint density at radius 3 is 2.70 bits per heavy atom. The van der Waals surface area contributed by atoms with Crippen LogP contribution in [-0.2, 0) is 6.42 Å². The molecule has 1 aromatic carbocycles. The molecule has 1 aliphatic heterocycles. The summed E-state index contributed by atoms with van der Waals surface area (Å²) in [6.45, 7) is 3.28. The van der Waals surface area contributed by atoms with Crippen molar-refractivity contribution >= 4 is 5.96 Å². The zero-order valence-electron chi connectivity index (χ0n) is 15.5. The van der Waals surface area contributed by atoms with Gasteiger partial charge in [-0.25, -0.2) is 8.78 Å². The molecule has 0 aliphatic carbocycles. The summed E-state index contributed by atoms with van der Waals surface area (Å²) in [5, 5.41) is 6.51. The molecule has 5 nitrogen and oxygen atoms in total. The standard InChI is InChI=1S/C20H26F2N4O/c1-23-20(24-9-8-15-6-7-16(21)13-17(15)22)25-14-18(19-5-4-12-27-19)26-10-2-3-11-26/h4-7,12-13,18H,2-3,8-11,14H2,1H3,(H2,23,24,25). The summed E-state index contributed by atoms with van der Waals surface area (Å²) in [4.78, 5) is 6.64. The van der Waals surface area contributed by atoms with Gasteiger partial charge < -0.3 is 15.1 Å². The van der Waals surface area contributed by atoms with Gasteiger partial charge in [-0.3, -0.25) is 9.89 Å². The number of likely N-dealkylation sites (tertiary alicyclic amines) is 1. The summed E-state index contributed by atoms with van der Waals surface area (Å²) in [5.41, 5.74) is 0.477. The van der Waals surface area contributed by atoms with E-state index >= 15 is 0 Å². The van der Waals surface area contributed by atoms with Crippen LogP contribution in [0.5, 0.6) is 0 Å². The van der Waals surface area contributed by atoms with Crippen molar-refractivity contribution in [2.75, 3.05) is 33.2 Å². The maximum atomic E-state index is 13.7. The van der Waals surface area contributed by atoms with Crippen molar-refractivity contribution in [3.63, 3.8) is 0 Å². The first-order valence-electron chi connectivity index (χ1n) is 9.33. The molecule has 27 heavy (non-hydrogen) atoms. The van der Waals surface area contributed by atoms with E-state index in [1.54, 1.807) is 13.3 Å². The number of guanidine groups is 1. The molecule has 1 unspecified atom stereocenters. The number of hydrogen-bond acceptors (Lipinski definition) is 3. The van der Waals surface area contributed by atoms with Crippen molar-refractivity contribution in [1.82, 2.24) is 15.5 Å². The fraction of sp³-hybridized carbons (Fsp3) is 0.450. The van der Waals surface area contributed by atoms with Crippen LogP contribution in [0.2, 0.25) is 0 Å². The molecule has 2 N–H and O–H groups in total. The van der Waals surface area contributed by atoms with Crippen LogP contribution in [0.4, 0.5) is 8.78 Å². The minimum absolute atomic E-state index is 0.149. The third kappa shape index (κ3) is 5.29. The average molecular weight is 376 g/mol. The predicted octanol–water partition coefficient (Wildman–Crippen LogP) is 3.10. The number of rotatable bonds is 7. The van der Waals surface area contributed by atoms with Crippen LogP contribution < -0.4 is 10.6 Å². The molecule has 2 heterocycles. The fourth-order valence-corrected chi connectivity index (χ4v) is 3.40. The van der Waals surface area contributed by atoms with Crippen LogP contribution in [0.3, 0.4) is 0 Å². The molecule has 1 aromatic heterocycles. The van der Waals surface area contributed by atoms with Gasteiger partial charge in [-0.05, 0) is 56.1 Å². The molecular weight excluding hydrogens is 350 g/mol. The largest absolute Gasteiger partial charge is 0.468 e. The molecule has 0 amide bonds. The van der Waals surface area contributed by atoms with Crippen LogP contribution in [0.25, 0.3) is 0 Å². The number of nitrogens with zero attached hydrogens (tertiary/aromatic N) is 2. The highest BCUT2D eigenvalue weighted by molar-refractivity contribution is 5.79. The van der Waals surface area contributed by atoms with E-state index in [4.69, 9.17) is 4.42 Å². The van der Waals surface area contributed by atoms with E-state index in [2.05, 4.69) is 20.5 Å². The first kappa shape index (κ1) is 19.4. The maximum Gasteiger partial charge on any atom is 0.191 e. The summed E-state index contributed by atoms with van der Waals surface area (Å²) >= 11 is 0. The number of hydrogen-bond donors (Lipinski definition) is 2. The molecule has 1 atom stereocenters. The Hall–Kier alpha value is -2.41. The number of nitrogens with one attached hydrogen (secondary N) is 2. The van der Waals surface area contributed by atoms with Gasteiger partial charge in [0.2, 0.25) is 0 Å². The van der Waals surface area contributed by atoms with Gasteiger partial charge in [0.15, 0.2) is 5.96 Å². The molecule has 1 aliphatic rings. The molecule has 0 spiro atoms. The predicted molar refractivity (Wildman–Crippen MR) is 102 cm³/mol. The van der Waals surface area contributed by atoms with Gasteiger partial charge >= 0.3 is 0 Å². The van der Waals surface area contributed by atoms with E-state index in [0.717, 1.165) is 24.9 Å². The summed E-state index contributed by atoms with van der Waals surface area (Å²) in [7, 11) is 1.70. The lowest BCUT2D eigenvalue weighted by molar-refractivity contribution is 0.215. The van der Waals surface area contributed by atoms with E-state index in [1.165, 1.54) is 25.0 Å². The van der Waals surface area contributed by atoms with Crippen LogP contribution in [0, 0.1) is 11.6 Å². The summed E-state index contributed by atoms with van der Waals surface area (Å²) in [6.07, 6.45) is 4.55. The monoisotopic (exact) mass is 376 g/mol. The lowest BCUT2D eigenvalue weighted by atomic mass is 10.1. The highest BCUT2D eigenvalue weighted by atomic mass is 19.1. The molecule has 0 radical (unpaired) electrons. The third-order valence-electron chi connectivity index (χ3n) is 4.84. The highest BCUT2D eigenvalue weighted by Crippen LogP contribution is 2.24. The number of furan rings is 1. The quantitative estimate of drug-likeness (QED) is 0.576. The Kier molecular flexibility index (Phi) is 6.81. The Balaban J connectivity index is 1.51. The maximum absolute atomic E-state index is 13.7. The first-order chi connectivity index (χ1) is 13.2. The molecular formula is C20H26F2N4O. The SMILES string of the molecule is CN=C(NCCc1ccc(F)cc1F)NCC(c1ccco1)N1CCCC1. The lowest BCUT2D eigenvalue weighted by Gasteiger charge is -2.26. The topological polar surface area (TPSA) is 52.8 Å². The van der Waals surface area contributed by atoms with Gasteiger partial charge in [-0.2, -0.15) is 0 Å². The van der Waals surface area contributed by atoms with Gasteiger partial charge in [-0.1, -0.05) is 6.07 Å². The zero-order valence-corrected chi connectivity index (χ0v) is 15.5. The van der Waals surface area contributed by atoms with Crippen molar-refractivity contribution in [2.24, 2.45) is 4.99 Å². The van der Waals surface area contributed by atoms with Crippen LogP contribution >= 0.6 is 0 Å². The van der Waals surface area contributed by atoms with Gasteiger partial charge in [0.25, 0.3) is 0 Å². The zero-order chi connectivity index (χ0) is 19.1. The van der Waals surface area contributed by atoms with Crippen LogP contribution in [0.1, 0.15) is 30.2 Å². The second-order valence-electron chi connectivity index (χ2n) is 6.64. The minimum atomic E-state index is -0.562. The summed E-state index contributed by atoms with van der Waals surface area (Å²) in [6, 6.07) is 7.71. The molecule has 3 rings (SSSR count). The fourth-order valence-electron chi connectivity index (χ4n) is 3.40. The molecule has 0 bridgehead atoms. The molecule has 2 aromatic rings. The van der Waals surface area contributed by atoms with Crippen molar-refractivity contribution in [1.29, 1.82) is 0 Å². The smallest absolute Gasteiger partial charge is 0.191 e. The van der Waals surface area contributed by atoms with Crippen LogP contribution in [0.15, 0.2) is 46.0 Å². The second-order valence-corrected chi connectivity index (χ2v) is 6.64. The van der Waals surface area contributed by atoms with E-state index in [-0.39, 0.29) is 6.04 Å². The number of aliphatic imine (C=N–C) groups is 1. The van der Waals surface area contributed by atoms with E-state index in [9.17, 15) is 8.78 Å². The van der Waals surface area contributed by atoms with Crippen LogP contribution in [-0.4, -0.2) is 44.1 Å².